The van der Waals surface area contributed by atoms with Crippen molar-refractivity contribution in [3.8, 4) is 0 Å². The molecule has 0 spiro atoms. The molecule has 0 bridgehead atoms. The maximum atomic E-state index is 12.4. The van der Waals surface area contributed by atoms with Crippen LogP contribution in [0.4, 0.5) is 18.9 Å². The third-order valence-corrected chi connectivity index (χ3v) is 2.50. The van der Waals surface area contributed by atoms with Gasteiger partial charge in [0.2, 0.25) is 0 Å². The number of alkyl halides is 3. The van der Waals surface area contributed by atoms with E-state index in [2.05, 4.69) is 20.7 Å². The number of amides is 1. The molecule has 0 aliphatic heterocycles. The summed E-state index contributed by atoms with van der Waals surface area (Å²) >= 11 is 5.68. The molecule has 0 aliphatic carbocycles. The maximum Gasteiger partial charge on any atom is 0.416 e. The van der Waals surface area contributed by atoms with Crippen LogP contribution in [-0.2, 0) is 6.18 Å². The summed E-state index contributed by atoms with van der Waals surface area (Å²) in [7, 11) is 0. The zero-order valence-corrected chi connectivity index (χ0v) is 14.0. The smallest absolute Gasteiger partial charge is 0.319 e. The number of carbonyl (C=O) groups is 1. The van der Waals surface area contributed by atoms with Gasteiger partial charge in [0.1, 0.15) is 0 Å². The summed E-state index contributed by atoms with van der Waals surface area (Å²) < 4.78 is 37.3. The second kappa shape index (κ2) is 7.01. The van der Waals surface area contributed by atoms with Crippen LogP contribution in [0.25, 0.3) is 0 Å². The van der Waals surface area contributed by atoms with Gasteiger partial charge in [-0.15, -0.1) is 0 Å². The maximum absolute atomic E-state index is 12.4. The molecule has 20 heavy (non-hydrogen) atoms. The Kier molecular flexibility index (Phi) is 6.17. The van der Waals surface area contributed by atoms with Gasteiger partial charge in [0.15, 0.2) is 5.69 Å². The van der Waals surface area contributed by atoms with E-state index in [1.54, 1.807) is 0 Å². The minimum atomic E-state index is -4.49. The fourth-order valence-electron chi connectivity index (χ4n) is 1.29. The molecule has 0 atom stereocenters. The van der Waals surface area contributed by atoms with Gasteiger partial charge < -0.3 is 5.32 Å². The number of halogens is 4. The molecule has 1 radical (unpaired) electrons. The molecule has 0 fully saturated rings. The molecular weight excluding hydrogens is 324 g/mol. The molecule has 2 rings (SSSR count). The third kappa shape index (κ3) is 4.27. The second-order valence-electron chi connectivity index (χ2n) is 3.50. The van der Waals surface area contributed by atoms with Crippen LogP contribution in [0.3, 0.4) is 0 Å². The second-order valence-corrected chi connectivity index (χ2v) is 3.91. The zero-order valence-electron chi connectivity index (χ0n) is 10.1. The van der Waals surface area contributed by atoms with Gasteiger partial charge in [-0.25, -0.2) is 0 Å². The average Bonchev–Trinajstić information content (AvgIpc) is 2.84. The summed E-state index contributed by atoms with van der Waals surface area (Å²) in [4.78, 5) is 11.6. The van der Waals surface area contributed by atoms with Crippen molar-refractivity contribution in [1.82, 2.24) is 15.4 Å². The monoisotopic (exact) mass is 329 g/mol. The number of benzene rings is 1. The van der Waals surface area contributed by atoms with E-state index >= 15 is 0 Å². The van der Waals surface area contributed by atoms with Crippen LogP contribution in [0, 0.1) is 0 Å². The molecule has 2 N–H and O–H groups in total. The van der Waals surface area contributed by atoms with E-state index in [0.717, 1.165) is 18.2 Å². The van der Waals surface area contributed by atoms with Crippen molar-refractivity contribution in [2.45, 2.75) is 6.18 Å². The van der Waals surface area contributed by atoms with E-state index in [4.69, 9.17) is 11.6 Å². The quantitative estimate of drug-likeness (QED) is 0.831. The predicted molar refractivity (Wildman–Crippen MR) is 66.5 cm³/mol. The van der Waals surface area contributed by atoms with E-state index in [1.807, 2.05) is 0 Å². The fraction of sp³-hybridized carbons (Fsp3) is 0.100. The SMILES string of the molecule is O=C(Nc1ccc(C(F)(F)F)cc1Cl)c1cn[nH]n1.[K]. The van der Waals surface area contributed by atoms with E-state index in [-0.39, 0.29) is 67.8 Å². The normalized spacial score (nSPS) is 10.8. The molecule has 1 amide bonds. The van der Waals surface area contributed by atoms with E-state index in [0.29, 0.717) is 0 Å². The van der Waals surface area contributed by atoms with E-state index in [1.165, 1.54) is 6.20 Å². The number of aromatic amines is 1. The van der Waals surface area contributed by atoms with Gasteiger partial charge in [-0.05, 0) is 18.2 Å². The van der Waals surface area contributed by atoms with Crippen LogP contribution in [0.2, 0.25) is 5.02 Å². The molecule has 10 heteroatoms. The first-order valence-electron chi connectivity index (χ1n) is 4.92. The number of hydrogen-bond donors (Lipinski definition) is 2. The minimum absolute atomic E-state index is 0. The topological polar surface area (TPSA) is 70.7 Å². The zero-order chi connectivity index (χ0) is 14.0. The molecule has 1 heterocycles. The van der Waals surface area contributed by atoms with Gasteiger partial charge in [0, 0.05) is 51.4 Å². The Labute approximate surface area is 158 Å². The Balaban J connectivity index is 0.00000200. The van der Waals surface area contributed by atoms with Crippen molar-refractivity contribution < 1.29 is 18.0 Å². The number of aromatic nitrogens is 3. The number of H-pyrrole nitrogens is 1. The molecule has 5 nitrogen and oxygen atoms in total. The summed E-state index contributed by atoms with van der Waals surface area (Å²) in [5.41, 5.74) is -0.837. The van der Waals surface area contributed by atoms with Gasteiger partial charge in [-0.3, -0.25) is 4.79 Å². The predicted octanol–water partition coefficient (Wildman–Crippen LogP) is 2.35. The van der Waals surface area contributed by atoms with Crippen molar-refractivity contribution in [3.63, 3.8) is 0 Å². The molecule has 0 saturated heterocycles. The summed E-state index contributed by atoms with van der Waals surface area (Å²) in [6.07, 6.45) is -3.31. The van der Waals surface area contributed by atoms with E-state index in [9.17, 15) is 18.0 Å². The number of hydrogen-bond acceptors (Lipinski definition) is 3. The van der Waals surface area contributed by atoms with Gasteiger partial charge in [-0.2, -0.15) is 28.6 Å². The molecule has 1 aromatic heterocycles. The molecule has 0 saturated carbocycles. The van der Waals surface area contributed by atoms with E-state index < -0.39 is 17.6 Å². The first-order chi connectivity index (χ1) is 8.88. The molecule has 2 aromatic rings. The Morgan fingerprint density at radius 3 is 2.55 bits per heavy atom. The molecule has 0 aliphatic rings. The largest absolute Gasteiger partial charge is 0.416 e. The van der Waals surface area contributed by atoms with Crippen LogP contribution in [0.5, 0.6) is 0 Å². The van der Waals surface area contributed by atoms with Crippen LogP contribution < -0.4 is 5.32 Å². The summed E-state index contributed by atoms with van der Waals surface area (Å²) in [5, 5.41) is 11.3. The fourth-order valence-corrected chi connectivity index (χ4v) is 1.52. The minimum Gasteiger partial charge on any atom is -0.319 e. The van der Waals surface area contributed by atoms with Crippen molar-refractivity contribution in [1.29, 1.82) is 0 Å². The van der Waals surface area contributed by atoms with Gasteiger partial charge in [0.25, 0.3) is 5.91 Å². The van der Waals surface area contributed by atoms with Crippen LogP contribution >= 0.6 is 11.6 Å². The van der Waals surface area contributed by atoms with Crippen LogP contribution in [0.1, 0.15) is 16.1 Å². The number of carbonyl (C=O) groups excluding carboxylic acids is 1. The summed E-state index contributed by atoms with van der Waals surface area (Å²) in [5.74, 6) is -0.629. The van der Waals surface area contributed by atoms with Crippen molar-refractivity contribution in [2.24, 2.45) is 0 Å². The van der Waals surface area contributed by atoms with Crippen molar-refractivity contribution >= 4 is 74.6 Å². The molecule has 0 unspecified atom stereocenters. The Morgan fingerprint density at radius 2 is 2.05 bits per heavy atom. The molecule has 1 aromatic carbocycles. The number of nitrogens with zero attached hydrogens (tertiary/aromatic N) is 2. The van der Waals surface area contributed by atoms with Gasteiger partial charge >= 0.3 is 6.18 Å². The average molecular weight is 330 g/mol. The first kappa shape index (κ1) is 17.6. The van der Waals surface area contributed by atoms with Crippen LogP contribution in [0.15, 0.2) is 24.4 Å². The Bertz CT molecular complexity index is 603. The number of anilines is 1. The molecular formula is C10H6ClF3KN4O. The van der Waals surface area contributed by atoms with Crippen molar-refractivity contribution in [3.05, 3.63) is 40.7 Å². The Morgan fingerprint density at radius 1 is 1.35 bits per heavy atom. The first-order valence-corrected chi connectivity index (χ1v) is 5.29. The molecule has 101 valence electrons. The summed E-state index contributed by atoms with van der Waals surface area (Å²) in [6.45, 7) is 0. The van der Waals surface area contributed by atoms with Crippen LogP contribution in [-0.4, -0.2) is 72.7 Å². The van der Waals surface area contributed by atoms with Gasteiger partial charge in [0.05, 0.1) is 22.5 Å². The summed E-state index contributed by atoms with van der Waals surface area (Å²) in [6, 6.07) is 2.63. The standard InChI is InChI=1S/C10H6ClF3N4O.K/c11-6-3-5(10(12,13)14)1-2-7(6)16-9(19)8-4-15-18-17-8;/h1-4H,(H,16,19)(H,15,17,18);. The third-order valence-electron chi connectivity index (χ3n) is 2.19. The number of nitrogens with one attached hydrogen (secondary N) is 2. The Hall–Kier alpha value is -0.454. The van der Waals surface area contributed by atoms with Crippen molar-refractivity contribution in [2.75, 3.05) is 5.32 Å². The van der Waals surface area contributed by atoms with Gasteiger partial charge in [-0.1, -0.05) is 11.6 Å². The number of rotatable bonds is 2.